The first-order valence-electron chi connectivity index (χ1n) is 8.67. The summed E-state index contributed by atoms with van der Waals surface area (Å²) in [6.07, 6.45) is 4.98. The molecular formula is C17H25N5O2. The largest absolute Gasteiger partial charge is 0.336 e. The van der Waals surface area contributed by atoms with Gasteiger partial charge in [0, 0.05) is 38.4 Å². The molecule has 2 saturated heterocycles. The van der Waals surface area contributed by atoms with Crippen LogP contribution in [0.3, 0.4) is 0 Å². The molecule has 24 heavy (non-hydrogen) atoms. The van der Waals surface area contributed by atoms with Crippen LogP contribution in [0.15, 0.2) is 12.5 Å². The van der Waals surface area contributed by atoms with E-state index in [1.54, 1.807) is 6.20 Å². The van der Waals surface area contributed by atoms with Gasteiger partial charge in [0.25, 0.3) is 5.91 Å². The van der Waals surface area contributed by atoms with Crippen molar-refractivity contribution in [2.24, 2.45) is 0 Å². The number of carbonyl (C=O) groups excluding carboxylic acids is 2. The van der Waals surface area contributed by atoms with Gasteiger partial charge in [0.2, 0.25) is 5.91 Å². The molecule has 2 aliphatic heterocycles. The summed E-state index contributed by atoms with van der Waals surface area (Å²) >= 11 is 0. The van der Waals surface area contributed by atoms with Crippen LogP contribution in [0.5, 0.6) is 0 Å². The minimum absolute atomic E-state index is 0.0217. The predicted molar refractivity (Wildman–Crippen MR) is 89.6 cm³/mol. The van der Waals surface area contributed by atoms with Crippen LogP contribution in [0.1, 0.15) is 48.7 Å². The molecule has 0 aromatic carbocycles. The van der Waals surface area contributed by atoms with E-state index in [-0.39, 0.29) is 23.8 Å². The number of amides is 2. The van der Waals surface area contributed by atoms with Gasteiger partial charge in [0.15, 0.2) is 0 Å². The molecule has 130 valence electrons. The Kier molecular flexibility index (Phi) is 5.08. The highest BCUT2D eigenvalue weighted by Crippen LogP contribution is 2.22. The van der Waals surface area contributed by atoms with E-state index in [1.165, 1.54) is 6.33 Å². The predicted octanol–water partition coefficient (Wildman–Crippen LogP) is 0.636. The van der Waals surface area contributed by atoms with Crippen LogP contribution in [0.4, 0.5) is 0 Å². The van der Waals surface area contributed by atoms with Crippen LogP contribution in [-0.2, 0) is 4.79 Å². The highest BCUT2D eigenvalue weighted by molar-refractivity contribution is 5.95. The van der Waals surface area contributed by atoms with E-state index in [9.17, 15) is 9.59 Å². The lowest BCUT2D eigenvalue weighted by atomic mass is 10.00. The van der Waals surface area contributed by atoms with Gasteiger partial charge < -0.3 is 15.1 Å². The molecule has 0 spiro atoms. The van der Waals surface area contributed by atoms with Crippen molar-refractivity contribution in [1.29, 1.82) is 0 Å². The fraction of sp³-hybridized carbons (Fsp3) is 0.647. The van der Waals surface area contributed by atoms with Gasteiger partial charge in [-0.3, -0.25) is 9.59 Å². The molecule has 0 aliphatic carbocycles. The SMILES string of the molecule is CC(C)c1ncncc1C(=O)N1CCCC(N2CCNCC2=O)C1. The van der Waals surface area contributed by atoms with Crippen molar-refractivity contribution in [3.05, 3.63) is 23.8 Å². The minimum Gasteiger partial charge on any atom is -0.336 e. The van der Waals surface area contributed by atoms with Crippen LogP contribution < -0.4 is 5.32 Å². The first kappa shape index (κ1) is 16.8. The number of piperazine rings is 1. The van der Waals surface area contributed by atoms with Crippen molar-refractivity contribution in [2.45, 2.75) is 38.6 Å². The lowest BCUT2D eigenvalue weighted by Gasteiger charge is -2.41. The summed E-state index contributed by atoms with van der Waals surface area (Å²) in [7, 11) is 0. The first-order valence-corrected chi connectivity index (χ1v) is 8.67. The highest BCUT2D eigenvalue weighted by atomic mass is 16.2. The van der Waals surface area contributed by atoms with E-state index < -0.39 is 0 Å². The summed E-state index contributed by atoms with van der Waals surface area (Å²) in [6, 6.07) is 0.115. The third-order valence-electron chi connectivity index (χ3n) is 4.77. The average molecular weight is 331 g/mol. The lowest BCUT2D eigenvalue weighted by Crippen LogP contribution is -2.57. The fourth-order valence-electron chi connectivity index (χ4n) is 3.54. The molecule has 0 radical (unpaired) electrons. The molecule has 3 heterocycles. The van der Waals surface area contributed by atoms with Crippen molar-refractivity contribution in [1.82, 2.24) is 25.1 Å². The zero-order valence-electron chi connectivity index (χ0n) is 14.4. The summed E-state index contributed by atoms with van der Waals surface area (Å²) in [6.45, 7) is 7.31. The maximum absolute atomic E-state index is 13.0. The Morgan fingerprint density at radius 1 is 1.38 bits per heavy atom. The second-order valence-corrected chi connectivity index (χ2v) is 6.79. The maximum Gasteiger partial charge on any atom is 0.257 e. The molecular weight excluding hydrogens is 306 g/mol. The lowest BCUT2D eigenvalue weighted by molar-refractivity contribution is -0.135. The van der Waals surface area contributed by atoms with E-state index in [1.807, 2.05) is 23.6 Å². The minimum atomic E-state index is -0.0217. The van der Waals surface area contributed by atoms with E-state index in [0.717, 1.165) is 38.2 Å². The Morgan fingerprint density at radius 3 is 2.96 bits per heavy atom. The molecule has 7 nitrogen and oxygen atoms in total. The van der Waals surface area contributed by atoms with Gasteiger partial charge in [-0.25, -0.2) is 9.97 Å². The van der Waals surface area contributed by atoms with Crippen molar-refractivity contribution in [3.8, 4) is 0 Å². The van der Waals surface area contributed by atoms with Crippen LogP contribution in [0, 0.1) is 0 Å². The number of hydrogen-bond acceptors (Lipinski definition) is 5. The summed E-state index contributed by atoms with van der Waals surface area (Å²) in [5.74, 6) is 0.278. The normalized spacial score (nSPS) is 22.1. The zero-order valence-corrected chi connectivity index (χ0v) is 14.4. The van der Waals surface area contributed by atoms with Gasteiger partial charge in [0.1, 0.15) is 6.33 Å². The Bertz CT molecular complexity index is 619. The van der Waals surface area contributed by atoms with Crippen molar-refractivity contribution < 1.29 is 9.59 Å². The average Bonchev–Trinajstić information content (AvgIpc) is 2.61. The van der Waals surface area contributed by atoms with E-state index in [0.29, 0.717) is 18.7 Å². The quantitative estimate of drug-likeness (QED) is 0.879. The van der Waals surface area contributed by atoms with Gasteiger partial charge in [-0.2, -0.15) is 0 Å². The molecule has 7 heteroatoms. The summed E-state index contributed by atoms with van der Waals surface area (Å²) in [4.78, 5) is 37.2. The molecule has 0 saturated carbocycles. The van der Waals surface area contributed by atoms with Crippen LogP contribution in [0.25, 0.3) is 0 Å². The molecule has 2 fully saturated rings. The number of piperidine rings is 1. The number of nitrogens with one attached hydrogen (secondary N) is 1. The number of hydrogen-bond donors (Lipinski definition) is 1. The van der Waals surface area contributed by atoms with Crippen molar-refractivity contribution >= 4 is 11.8 Å². The van der Waals surface area contributed by atoms with E-state index >= 15 is 0 Å². The fourth-order valence-corrected chi connectivity index (χ4v) is 3.54. The van der Waals surface area contributed by atoms with Crippen molar-refractivity contribution in [2.75, 3.05) is 32.7 Å². The van der Waals surface area contributed by atoms with Crippen molar-refractivity contribution in [3.63, 3.8) is 0 Å². The molecule has 1 aromatic rings. The number of likely N-dealkylation sites (tertiary alicyclic amines) is 1. The molecule has 2 aliphatic rings. The number of rotatable bonds is 3. The maximum atomic E-state index is 13.0. The topological polar surface area (TPSA) is 78.4 Å². The molecule has 0 bridgehead atoms. The number of aromatic nitrogens is 2. The molecule has 1 atom stereocenters. The standard InChI is InChI=1S/C17H25N5O2/c1-12(2)16-14(8-19-11-20-16)17(24)21-6-3-4-13(10-21)22-7-5-18-9-15(22)23/h8,11-13,18H,3-7,9-10H2,1-2H3. The van der Waals surface area contributed by atoms with Gasteiger partial charge in [-0.15, -0.1) is 0 Å². The summed E-state index contributed by atoms with van der Waals surface area (Å²) in [5, 5.41) is 3.10. The molecule has 1 aromatic heterocycles. The van der Waals surface area contributed by atoms with E-state index in [2.05, 4.69) is 15.3 Å². The molecule has 3 rings (SSSR count). The van der Waals surface area contributed by atoms with Crippen LogP contribution in [0.2, 0.25) is 0 Å². The van der Waals surface area contributed by atoms with E-state index in [4.69, 9.17) is 0 Å². The highest BCUT2D eigenvalue weighted by Gasteiger charge is 2.32. The third kappa shape index (κ3) is 3.40. The monoisotopic (exact) mass is 331 g/mol. The van der Waals surface area contributed by atoms with Gasteiger partial charge in [0.05, 0.1) is 17.8 Å². The third-order valence-corrected chi connectivity index (χ3v) is 4.77. The van der Waals surface area contributed by atoms with Gasteiger partial charge in [-0.05, 0) is 18.8 Å². The molecule has 2 amide bonds. The number of carbonyl (C=O) groups is 2. The Balaban J connectivity index is 1.75. The Labute approximate surface area is 142 Å². The Hall–Kier alpha value is -2.02. The Morgan fingerprint density at radius 2 is 2.21 bits per heavy atom. The van der Waals surface area contributed by atoms with Gasteiger partial charge >= 0.3 is 0 Å². The summed E-state index contributed by atoms with van der Waals surface area (Å²) < 4.78 is 0. The summed E-state index contributed by atoms with van der Waals surface area (Å²) in [5.41, 5.74) is 1.37. The van der Waals surface area contributed by atoms with Gasteiger partial charge in [-0.1, -0.05) is 13.8 Å². The molecule has 1 unspecified atom stereocenters. The molecule has 1 N–H and O–H groups in total. The van der Waals surface area contributed by atoms with Crippen LogP contribution >= 0.6 is 0 Å². The number of nitrogens with zero attached hydrogens (tertiary/aromatic N) is 4. The van der Waals surface area contributed by atoms with Crippen LogP contribution in [-0.4, -0.2) is 70.3 Å². The smallest absolute Gasteiger partial charge is 0.257 e. The second kappa shape index (κ2) is 7.25. The zero-order chi connectivity index (χ0) is 17.1. The first-order chi connectivity index (χ1) is 11.6. The second-order valence-electron chi connectivity index (χ2n) is 6.79.